The van der Waals surface area contributed by atoms with Gasteiger partial charge in [0, 0.05) is 18.4 Å². The van der Waals surface area contributed by atoms with Gasteiger partial charge in [0.1, 0.15) is 17.6 Å². The summed E-state index contributed by atoms with van der Waals surface area (Å²) in [6.07, 6.45) is 6.47. The number of hydrogen-bond donors (Lipinski definition) is 2. The molecule has 4 bridgehead atoms. The summed E-state index contributed by atoms with van der Waals surface area (Å²) in [7, 11) is 0. The van der Waals surface area contributed by atoms with Gasteiger partial charge >= 0.3 is 11.9 Å². The normalized spacial score (nSPS) is 47.9. The molecule has 3 saturated carbocycles. The van der Waals surface area contributed by atoms with Gasteiger partial charge < -0.3 is 24.4 Å². The number of hydrogen-bond acceptors (Lipinski definition) is 7. The highest BCUT2D eigenvalue weighted by Gasteiger charge is 2.83. The van der Waals surface area contributed by atoms with Gasteiger partial charge in [0.25, 0.3) is 0 Å². The lowest BCUT2D eigenvalue weighted by Gasteiger charge is -2.44. The number of rotatable bonds is 7. The van der Waals surface area contributed by atoms with E-state index >= 15 is 0 Å². The highest BCUT2D eigenvalue weighted by Crippen LogP contribution is 2.77. The number of carbonyl (C=O) groups is 2. The lowest BCUT2D eigenvalue weighted by molar-refractivity contribution is -0.166. The van der Waals surface area contributed by atoms with Crippen LogP contribution in [0.3, 0.4) is 0 Å². The second kappa shape index (κ2) is 7.15. The van der Waals surface area contributed by atoms with Crippen molar-refractivity contribution in [2.24, 2.45) is 28.6 Å². The van der Waals surface area contributed by atoms with Gasteiger partial charge in [0.05, 0.1) is 24.2 Å². The summed E-state index contributed by atoms with van der Waals surface area (Å²) < 4.78 is 17.3. The number of unbranched alkanes of at least 4 members (excludes halogenated alkanes) is 1. The third-order valence-corrected chi connectivity index (χ3v) is 9.22. The van der Waals surface area contributed by atoms with E-state index in [0.29, 0.717) is 38.9 Å². The fourth-order valence-electron chi connectivity index (χ4n) is 7.75. The minimum atomic E-state index is -1.23. The van der Waals surface area contributed by atoms with Crippen LogP contribution in [-0.2, 0) is 23.8 Å². The molecule has 1 aliphatic heterocycles. The van der Waals surface area contributed by atoms with E-state index < -0.39 is 51.9 Å². The molecule has 0 unspecified atom stereocenters. The Hall–Kier alpha value is -1.70. The van der Waals surface area contributed by atoms with Crippen molar-refractivity contribution in [1.82, 2.24) is 0 Å². The predicted molar refractivity (Wildman–Crippen MR) is 114 cm³/mol. The Morgan fingerprint density at radius 1 is 1.34 bits per heavy atom. The van der Waals surface area contributed by atoms with Gasteiger partial charge in [-0.2, -0.15) is 0 Å². The van der Waals surface area contributed by atoms with Crippen LogP contribution in [0, 0.1) is 28.6 Å². The van der Waals surface area contributed by atoms with E-state index in [9.17, 15) is 19.8 Å². The van der Waals surface area contributed by atoms with E-state index in [-0.39, 0.29) is 12.5 Å². The van der Waals surface area contributed by atoms with Gasteiger partial charge in [0.2, 0.25) is 0 Å². The molecule has 0 amide bonds. The fraction of sp³-hybridized carbons (Fsp3) is 0.760. The van der Waals surface area contributed by atoms with Crippen molar-refractivity contribution in [2.45, 2.75) is 69.7 Å². The summed E-state index contributed by atoms with van der Waals surface area (Å²) in [5.41, 5.74) is -3.06. The Labute approximate surface area is 188 Å². The van der Waals surface area contributed by atoms with Crippen LogP contribution in [-0.4, -0.2) is 59.3 Å². The van der Waals surface area contributed by atoms with Crippen LogP contribution >= 0.6 is 0 Å². The summed E-state index contributed by atoms with van der Waals surface area (Å²) in [6.45, 7) is 9.01. The summed E-state index contributed by atoms with van der Waals surface area (Å²) in [4.78, 5) is 26.7. The van der Waals surface area contributed by atoms with Gasteiger partial charge in [-0.3, -0.25) is 9.59 Å². The first-order chi connectivity index (χ1) is 15.2. The van der Waals surface area contributed by atoms with Crippen LogP contribution in [0.5, 0.6) is 0 Å². The molecule has 7 nitrogen and oxygen atoms in total. The van der Waals surface area contributed by atoms with Crippen LogP contribution in [0.1, 0.15) is 52.4 Å². The Morgan fingerprint density at radius 3 is 2.88 bits per heavy atom. The Bertz CT molecular complexity index is 882. The zero-order chi connectivity index (χ0) is 22.9. The van der Waals surface area contributed by atoms with Gasteiger partial charge in [-0.1, -0.05) is 26.0 Å². The number of fused-ring (bicyclic) bond motifs is 1. The first-order valence-electron chi connectivity index (χ1n) is 11.9. The Kier molecular flexibility index (Phi) is 4.94. The maximum Gasteiger partial charge on any atom is 0.316 e. The summed E-state index contributed by atoms with van der Waals surface area (Å²) in [5.74, 6) is -2.22. The Morgan fingerprint density at radius 2 is 2.12 bits per heavy atom. The maximum absolute atomic E-state index is 13.6. The molecule has 32 heavy (non-hydrogen) atoms. The first-order valence-corrected chi connectivity index (χ1v) is 11.9. The molecule has 4 fully saturated rings. The van der Waals surface area contributed by atoms with Gasteiger partial charge in [-0.25, -0.2) is 0 Å². The van der Waals surface area contributed by atoms with E-state index in [0.717, 1.165) is 18.4 Å². The SMILES string of the molecule is C=C1C[C@]23C[C@@]1(O)CC[C@H]2[C@@]12C=C[C@H](O)[C@@](C)(C(=O)O1)[C@H]2[C@@H]3C(=O)OCCOCCCC. The quantitative estimate of drug-likeness (QED) is 0.351. The molecule has 8 atom stereocenters. The van der Waals surface area contributed by atoms with Crippen molar-refractivity contribution in [2.75, 3.05) is 19.8 Å². The predicted octanol–water partition coefficient (Wildman–Crippen LogP) is 2.30. The lowest BCUT2D eigenvalue weighted by atomic mass is 9.61. The van der Waals surface area contributed by atoms with Crippen LogP contribution < -0.4 is 0 Å². The molecule has 5 rings (SSSR count). The molecular weight excluding hydrogens is 412 g/mol. The van der Waals surface area contributed by atoms with E-state index in [4.69, 9.17) is 14.2 Å². The molecule has 7 heteroatoms. The van der Waals surface area contributed by atoms with E-state index in [1.165, 1.54) is 0 Å². The fourth-order valence-corrected chi connectivity index (χ4v) is 7.75. The minimum Gasteiger partial charge on any atom is -0.463 e. The summed E-state index contributed by atoms with van der Waals surface area (Å²) in [5, 5.41) is 22.1. The third kappa shape index (κ3) is 2.59. The smallest absolute Gasteiger partial charge is 0.316 e. The van der Waals surface area contributed by atoms with Crippen molar-refractivity contribution >= 4 is 11.9 Å². The standard InChI is InChI=1S/C25H34O7/c1-4-5-10-30-11-12-31-20(27)18-19-22(3)17(26)7-9-25(19,32-21(22)28)16-6-8-24(29)14-23(16,18)13-15(24)2/h7,9,16-19,26,29H,2,4-6,8,10-14H2,1,3H3/t16-,17+,18-,19-,22-,23+,24+,25-/m1/s1. The molecule has 5 aliphatic rings. The zero-order valence-corrected chi connectivity index (χ0v) is 19.0. The molecule has 4 aliphatic carbocycles. The van der Waals surface area contributed by atoms with E-state index in [1.54, 1.807) is 13.0 Å². The van der Waals surface area contributed by atoms with Crippen molar-refractivity contribution in [3.8, 4) is 0 Å². The van der Waals surface area contributed by atoms with E-state index in [2.05, 4.69) is 13.5 Å². The second-order valence-electron chi connectivity index (χ2n) is 10.7. The van der Waals surface area contributed by atoms with Crippen molar-refractivity contribution in [1.29, 1.82) is 0 Å². The van der Waals surface area contributed by atoms with Crippen LogP contribution in [0.2, 0.25) is 0 Å². The van der Waals surface area contributed by atoms with E-state index in [1.807, 2.05) is 6.08 Å². The van der Waals surface area contributed by atoms with Crippen LogP contribution in [0.4, 0.5) is 0 Å². The average molecular weight is 447 g/mol. The third-order valence-electron chi connectivity index (χ3n) is 9.22. The first kappa shape index (κ1) is 22.1. The largest absolute Gasteiger partial charge is 0.463 e. The topological polar surface area (TPSA) is 102 Å². The number of ether oxygens (including phenoxy) is 3. The highest BCUT2D eigenvalue weighted by atomic mass is 16.6. The van der Waals surface area contributed by atoms with Crippen molar-refractivity contribution in [3.05, 3.63) is 24.3 Å². The molecule has 0 radical (unpaired) electrons. The average Bonchev–Trinajstić information content (AvgIpc) is 3.17. The van der Waals surface area contributed by atoms with Gasteiger partial charge in [-0.15, -0.1) is 0 Å². The summed E-state index contributed by atoms with van der Waals surface area (Å²) in [6, 6.07) is 0. The van der Waals surface area contributed by atoms with Crippen molar-refractivity contribution < 1.29 is 34.0 Å². The number of aliphatic hydroxyl groups excluding tert-OH is 1. The second-order valence-corrected chi connectivity index (χ2v) is 10.7. The molecule has 2 N–H and O–H groups in total. The molecule has 1 spiro atoms. The van der Waals surface area contributed by atoms with Crippen molar-refractivity contribution in [3.63, 3.8) is 0 Å². The monoisotopic (exact) mass is 446 g/mol. The molecule has 1 heterocycles. The Balaban J connectivity index is 1.50. The van der Waals surface area contributed by atoms with Gasteiger partial charge in [0.15, 0.2) is 0 Å². The van der Waals surface area contributed by atoms with Gasteiger partial charge in [-0.05, 0) is 56.1 Å². The number of carbonyl (C=O) groups excluding carboxylic acids is 2. The summed E-state index contributed by atoms with van der Waals surface area (Å²) >= 11 is 0. The van der Waals surface area contributed by atoms with Crippen LogP contribution in [0.25, 0.3) is 0 Å². The molecule has 176 valence electrons. The molecular formula is C25H34O7. The van der Waals surface area contributed by atoms with Crippen LogP contribution in [0.15, 0.2) is 24.3 Å². The highest BCUT2D eigenvalue weighted by molar-refractivity contribution is 5.87. The lowest BCUT2D eigenvalue weighted by Crippen LogP contribution is -2.51. The maximum atomic E-state index is 13.6. The molecule has 0 aromatic carbocycles. The molecule has 0 aromatic rings. The number of aliphatic hydroxyl groups is 2. The molecule has 0 aromatic heterocycles. The minimum absolute atomic E-state index is 0.132. The molecule has 1 saturated heterocycles. The number of esters is 2. The zero-order valence-electron chi connectivity index (χ0n) is 19.0.